The Labute approximate surface area is 118 Å². The number of carbonyl (C=O) groups excluding carboxylic acids is 2. The first-order valence-corrected chi connectivity index (χ1v) is 6.38. The van der Waals surface area contributed by atoms with E-state index in [9.17, 15) is 9.59 Å². The number of likely N-dealkylation sites (tertiary alicyclic amines) is 1. The van der Waals surface area contributed by atoms with Crippen molar-refractivity contribution in [3.05, 3.63) is 23.2 Å². The highest BCUT2D eigenvalue weighted by Crippen LogP contribution is 2.52. The Bertz CT molecular complexity index is 601. The molecule has 1 aliphatic carbocycles. The summed E-state index contributed by atoms with van der Waals surface area (Å²) >= 11 is 0. The minimum Gasteiger partial charge on any atom is -0.342 e. The van der Waals surface area contributed by atoms with Crippen molar-refractivity contribution in [1.29, 1.82) is 0 Å². The molecule has 0 saturated carbocycles. The Kier molecular flexibility index (Phi) is 2.25. The number of amides is 1. The van der Waals surface area contributed by atoms with Crippen molar-refractivity contribution >= 4 is 11.7 Å². The Morgan fingerprint density at radius 1 is 1.58 bits per heavy atom. The number of allylic oxidation sites excluding steroid dienone is 1. The van der Waals surface area contributed by atoms with E-state index in [-0.39, 0.29) is 23.9 Å². The van der Waals surface area contributed by atoms with Gasteiger partial charge in [0.25, 0.3) is 0 Å². The molecule has 0 aromatic carbocycles. The van der Waals surface area contributed by atoms with Gasteiger partial charge in [0.1, 0.15) is 0 Å². The molecule has 1 amide bonds. The topological polar surface area (TPSA) is 41.7 Å². The summed E-state index contributed by atoms with van der Waals surface area (Å²) in [5.74, 6) is -1.04. The van der Waals surface area contributed by atoms with E-state index >= 15 is 0 Å². The Balaban J connectivity index is 2.41. The van der Waals surface area contributed by atoms with Gasteiger partial charge in [0.05, 0.1) is 6.57 Å². The normalized spacial score (nSPS) is 36.2. The molecule has 2 rings (SSSR count). The first-order chi connectivity index (χ1) is 9.93. The van der Waals surface area contributed by atoms with Gasteiger partial charge in [-0.15, -0.1) is 0 Å². The lowest BCUT2D eigenvalue weighted by molar-refractivity contribution is -0.139. The lowest BCUT2D eigenvalue weighted by Gasteiger charge is -2.53. The third kappa shape index (κ3) is 1.98. The molecule has 0 bridgehead atoms. The zero-order valence-electron chi connectivity index (χ0n) is 14.5. The predicted molar refractivity (Wildman–Crippen MR) is 71.9 cm³/mol. The number of ketones is 1. The fraction of sp³-hybridized carbons (Fsp3) is 0.667. The SMILES string of the molecule is [2H]C([2H])([2H])C(=O)N1CC[C@@H]2C(C)(C)C(=O)C([N+]#[C-])=C[C@@]2(C)C1. The zero-order valence-corrected chi connectivity index (χ0v) is 11.5. The van der Waals surface area contributed by atoms with Crippen LogP contribution in [0.4, 0.5) is 0 Å². The van der Waals surface area contributed by atoms with E-state index in [0.717, 1.165) is 0 Å². The Hall–Kier alpha value is -1.63. The average Bonchev–Trinajstić information content (AvgIpc) is 2.40. The molecule has 0 spiro atoms. The maximum atomic E-state index is 12.4. The number of nitrogens with zero attached hydrogens (tertiary/aromatic N) is 2. The van der Waals surface area contributed by atoms with Gasteiger partial charge in [0.2, 0.25) is 11.6 Å². The minimum atomic E-state index is -2.66. The number of rotatable bonds is 0. The number of fused-ring (bicyclic) bond motifs is 1. The highest BCUT2D eigenvalue weighted by molar-refractivity contribution is 6.02. The van der Waals surface area contributed by atoms with Gasteiger partial charge >= 0.3 is 0 Å². The van der Waals surface area contributed by atoms with Crippen LogP contribution in [0.5, 0.6) is 0 Å². The summed E-state index contributed by atoms with van der Waals surface area (Å²) in [6.45, 7) is 10.7. The van der Waals surface area contributed by atoms with E-state index in [1.807, 2.05) is 20.8 Å². The van der Waals surface area contributed by atoms with Crippen molar-refractivity contribution in [3.63, 3.8) is 0 Å². The standard InChI is InChI=1S/C15H20N2O2/c1-10(18)17-7-6-12-14(2,3)13(19)11(16-5)8-15(12,4)9-17/h8,12H,6-7,9H2,1-4H3/t12-,15+/m1/s1/i1D3. The van der Waals surface area contributed by atoms with Crippen molar-refractivity contribution in [2.24, 2.45) is 16.7 Å². The number of carbonyl (C=O) groups is 2. The maximum absolute atomic E-state index is 12.4. The van der Waals surface area contributed by atoms with Crippen LogP contribution in [-0.2, 0) is 9.59 Å². The summed E-state index contributed by atoms with van der Waals surface area (Å²) in [5.41, 5.74) is -1.15. The van der Waals surface area contributed by atoms with Crippen LogP contribution in [-0.4, -0.2) is 29.7 Å². The highest BCUT2D eigenvalue weighted by Gasteiger charge is 2.53. The summed E-state index contributed by atoms with van der Waals surface area (Å²) in [5, 5.41) is 0. The van der Waals surface area contributed by atoms with Crippen molar-refractivity contribution in [3.8, 4) is 0 Å². The Morgan fingerprint density at radius 3 is 2.84 bits per heavy atom. The molecule has 1 fully saturated rings. The molecule has 0 aromatic heterocycles. The van der Waals surface area contributed by atoms with Gasteiger partial charge in [-0.1, -0.05) is 26.8 Å². The smallest absolute Gasteiger partial charge is 0.226 e. The average molecular weight is 263 g/mol. The van der Waals surface area contributed by atoms with E-state index in [0.29, 0.717) is 13.0 Å². The van der Waals surface area contributed by atoms with Crippen LogP contribution >= 0.6 is 0 Å². The van der Waals surface area contributed by atoms with Gasteiger partial charge in [0, 0.05) is 29.5 Å². The van der Waals surface area contributed by atoms with E-state index in [2.05, 4.69) is 4.85 Å². The molecular weight excluding hydrogens is 240 g/mol. The monoisotopic (exact) mass is 263 g/mol. The second-order valence-corrected chi connectivity index (χ2v) is 6.27. The van der Waals surface area contributed by atoms with Crippen molar-refractivity contribution in [2.75, 3.05) is 13.1 Å². The minimum absolute atomic E-state index is 0.0151. The Morgan fingerprint density at radius 2 is 2.26 bits per heavy atom. The number of piperidine rings is 1. The van der Waals surface area contributed by atoms with E-state index in [1.54, 1.807) is 6.08 Å². The fourth-order valence-electron chi connectivity index (χ4n) is 3.67. The van der Waals surface area contributed by atoms with Gasteiger partial charge in [-0.2, -0.15) is 0 Å². The van der Waals surface area contributed by atoms with E-state index < -0.39 is 23.6 Å². The van der Waals surface area contributed by atoms with Crippen LogP contribution in [0.3, 0.4) is 0 Å². The summed E-state index contributed by atoms with van der Waals surface area (Å²) in [6, 6.07) is 0. The third-order valence-electron chi connectivity index (χ3n) is 4.58. The molecular formula is C15H20N2O2. The largest absolute Gasteiger partial charge is 0.342 e. The number of hydrogen-bond acceptors (Lipinski definition) is 2. The third-order valence-corrected chi connectivity index (χ3v) is 4.58. The summed E-state index contributed by atoms with van der Waals surface area (Å²) in [6.07, 6.45) is 2.19. The molecule has 4 heteroatoms. The van der Waals surface area contributed by atoms with Gasteiger partial charge in [-0.05, 0) is 17.8 Å². The molecule has 102 valence electrons. The van der Waals surface area contributed by atoms with Crippen LogP contribution < -0.4 is 0 Å². The molecule has 1 saturated heterocycles. The molecule has 1 heterocycles. The van der Waals surface area contributed by atoms with Crippen molar-refractivity contribution < 1.29 is 13.7 Å². The predicted octanol–water partition coefficient (Wildman–Crippen LogP) is 2.27. The van der Waals surface area contributed by atoms with Crippen LogP contribution in [0.2, 0.25) is 0 Å². The highest BCUT2D eigenvalue weighted by atomic mass is 16.2. The maximum Gasteiger partial charge on any atom is 0.226 e. The number of hydrogen-bond donors (Lipinski definition) is 0. The molecule has 0 unspecified atom stereocenters. The van der Waals surface area contributed by atoms with Gasteiger partial charge < -0.3 is 9.69 Å². The molecule has 4 nitrogen and oxygen atoms in total. The molecule has 2 atom stereocenters. The summed E-state index contributed by atoms with van der Waals surface area (Å²) in [7, 11) is 0. The van der Waals surface area contributed by atoms with Crippen LogP contribution in [0, 0.1) is 23.3 Å². The van der Waals surface area contributed by atoms with E-state index in [1.165, 1.54) is 4.90 Å². The van der Waals surface area contributed by atoms with Crippen LogP contribution in [0.15, 0.2) is 11.8 Å². The molecule has 0 N–H and O–H groups in total. The van der Waals surface area contributed by atoms with Gasteiger partial charge in [0.15, 0.2) is 5.78 Å². The fourth-order valence-corrected chi connectivity index (χ4v) is 3.67. The molecule has 1 aliphatic heterocycles. The van der Waals surface area contributed by atoms with Crippen molar-refractivity contribution in [1.82, 2.24) is 4.90 Å². The zero-order chi connectivity index (χ0) is 16.9. The first-order valence-electron chi connectivity index (χ1n) is 7.88. The second kappa shape index (κ2) is 4.19. The summed E-state index contributed by atoms with van der Waals surface area (Å²) in [4.78, 5) is 29.1. The van der Waals surface area contributed by atoms with Crippen molar-refractivity contribution in [2.45, 2.75) is 34.0 Å². The lowest BCUT2D eigenvalue weighted by atomic mass is 9.55. The second-order valence-electron chi connectivity index (χ2n) is 6.27. The number of Topliss-reactive ketones (excluding diaryl/α,β-unsaturated/α-hetero) is 1. The lowest BCUT2D eigenvalue weighted by Crippen LogP contribution is -2.56. The van der Waals surface area contributed by atoms with E-state index in [4.69, 9.17) is 10.7 Å². The van der Waals surface area contributed by atoms with Gasteiger partial charge in [-0.25, -0.2) is 4.85 Å². The molecule has 0 aromatic rings. The first kappa shape index (κ1) is 10.2. The van der Waals surface area contributed by atoms with Crippen LogP contribution in [0.25, 0.3) is 4.85 Å². The quantitative estimate of drug-likeness (QED) is 0.629. The van der Waals surface area contributed by atoms with Crippen LogP contribution in [0.1, 0.15) is 38.2 Å². The molecule has 19 heavy (non-hydrogen) atoms. The van der Waals surface area contributed by atoms with Gasteiger partial charge in [-0.3, -0.25) is 4.79 Å². The molecule has 2 aliphatic rings. The summed E-state index contributed by atoms with van der Waals surface area (Å²) < 4.78 is 21.8. The molecule has 0 radical (unpaired) electrons.